The van der Waals surface area contributed by atoms with E-state index < -0.39 is 26.2 Å². The molecule has 1 heterocycles. The molecule has 0 bridgehead atoms. The maximum atomic E-state index is 12.7. The van der Waals surface area contributed by atoms with Crippen molar-refractivity contribution in [3.05, 3.63) is 105 Å². The number of nitrogens with zero attached hydrogens (tertiary/aromatic N) is 2. The second-order valence-electron chi connectivity index (χ2n) is 7.12. The molecule has 3 aromatic rings. The van der Waals surface area contributed by atoms with Crippen molar-refractivity contribution in [3.63, 3.8) is 0 Å². The van der Waals surface area contributed by atoms with Crippen LogP contribution in [0.25, 0.3) is 6.08 Å². The van der Waals surface area contributed by atoms with Gasteiger partial charge in [-0.1, -0.05) is 48.5 Å². The average Bonchev–Trinajstić information content (AvgIpc) is 3.07. The summed E-state index contributed by atoms with van der Waals surface area (Å²) < 4.78 is 30.3. The number of carbonyl (C=O) groups excluding carboxylic acids is 2. The summed E-state index contributed by atoms with van der Waals surface area (Å²) in [6.45, 7) is 0.146. The van der Waals surface area contributed by atoms with Gasteiger partial charge in [0, 0.05) is 12.1 Å². The molecule has 0 atom stereocenters. The molecule has 1 aliphatic rings. The Hall–Kier alpha value is -3.96. The second kappa shape index (κ2) is 9.49. The molecule has 172 valence electrons. The first-order chi connectivity index (χ1) is 16.2. The zero-order chi connectivity index (χ0) is 24.3. The van der Waals surface area contributed by atoms with Gasteiger partial charge in [0.25, 0.3) is 16.8 Å². The van der Waals surface area contributed by atoms with Crippen LogP contribution < -0.4 is 4.18 Å². The van der Waals surface area contributed by atoms with E-state index in [1.54, 1.807) is 6.07 Å². The van der Waals surface area contributed by atoms with Crippen LogP contribution in [0.4, 0.5) is 10.5 Å². The van der Waals surface area contributed by atoms with E-state index in [1.807, 2.05) is 30.3 Å². The maximum absolute atomic E-state index is 12.7. The van der Waals surface area contributed by atoms with Gasteiger partial charge in [0.2, 0.25) is 0 Å². The number of amides is 2. The van der Waals surface area contributed by atoms with Gasteiger partial charge in [0.15, 0.2) is 0 Å². The van der Waals surface area contributed by atoms with Crippen LogP contribution in [-0.2, 0) is 21.5 Å². The molecule has 0 spiro atoms. The fraction of sp³-hybridized carbons (Fsp3) is 0.0435. The molecule has 3 aromatic carbocycles. The zero-order valence-corrected chi connectivity index (χ0v) is 19.0. The number of non-ortho nitro benzene ring substituents is 1. The summed E-state index contributed by atoms with van der Waals surface area (Å²) >= 11 is 0.792. The number of hydrogen-bond donors (Lipinski definition) is 0. The van der Waals surface area contributed by atoms with Crippen LogP contribution in [0.2, 0.25) is 0 Å². The van der Waals surface area contributed by atoms with E-state index in [2.05, 4.69) is 0 Å². The van der Waals surface area contributed by atoms with Gasteiger partial charge in [-0.05, 0) is 47.2 Å². The predicted octanol–water partition coefficient (Wildman–Crippen LogP) is 4.60. The molecule has 0 aliphatic carbocycles. The van der Waals surface area contributed by atoms with Crippen LogP contribution in [0, 0.1) is 10.1 Å². The standard InChI is InChI=1S/C23H16N2O7S2/c26-22-21(33-23(27)24(22)15-16-6-2-1-3-7-16)13-17-8-4-10-19(12-17)32-34(30,31)20-11-5-9-18(14-20)25(28)29/h1-14H,15H2/b21-13-. The molecule has 1 saturated heterocycles. The second-order valence-corrected chi connectivity index (χ2v) is 9.66. The monoisotopic (exact) mass is 496 g/mol. The van der Waals surface area contributed by atoms with Crippen molar-refractivity contribution in [2.24, 2.45) is 0 Å². The van der Waals surface area contributed by atoms with Crippen molar-refractivity contribution in [2.45, 2.75) is 11.4 Å². The van der Waals surface area contributed by atoms with Crippen LogP contribution in [-0.4, -0.2) is 29.4 Å². The third-order valence-corrected chi connectivity index (χ3v) is 6.89. The first-order valence-electron chi connectivity index (χ1n) is 9.81. The molecule has 1 aliphatic heterocycles. The lowest BCUT2D eigenvalue weighted by Crippen LogP contribution is -2.27. The van der Waals surface area contributed by atoms with Crippen molar-refractivity contribution in [1.29, 1.82) is 0 Å². The fourth-order valence-corrected chi connectivity index (χ4v) is 4.94. The molecule has 0 N–H and O–H groups in total. The molecular weight excluding hydrogens is 480 g/mol. The van der Waals surface area contributed by atoms with E-state index in [4.69, 9.17) is 4.18 Å². The first-order valence-corrected chi connectivity index (χ1v) is 12.0. The summed E-state index contributed by atoms with van der Waals surface area (Å²) in [6.07, 6.45) is 1.47. The van der Waals surface area contributed by atoms with Gasteiger partial charge in [0.1, 0.15) is 10.6 Å². The molecule has 0 saturated carbocycles. The summed E-state index contributed by atoms with van der Waals surface area (Å²) in [5, 5.41) is 10.5. The van der Waals surface area contributed by atoms with Crippen LogP contribution in [0.15, 0.2) is 88.7 Å². The summed E-state index contributed by atoms with van der Waals surface area (Å²) in [4.78, 5) is 36.3. The Morgan fingerprint density at radius 3 is 2.44 bits per heavy atom. The van der Waals surface area contributed by atoms with Gasteiger partial charge in [0.05, 0.1) is 16.4 Å². The maximum Gasteiger partial charge on any atom is 0.339 e. The van der Waals surface area contributed by atoms with Crippen LogP contribution in [0.5, 0.6) is 5.75 Å². The topological polar surface area (TPSA) is 124 Å². The molecule has 1 fully saturated rings. The summed E-state index contributed by atoms with van der Waals surface area (Å²) in [5.41, 5.74) is 0.870. The quantitative estimate of drug-likeness (QED) is 0.201. The van der Waals surface area contributed by atoms with Crippen molar-refractivity contribution < 1.29 is 27.1 Å². The van der Waals surface area contributed by atoms with Crippen molar-refractivity contribution in [3.8, 4) is 5.75 Å². The van der Waals surface area contributed by atoms with Gasteiger partial charge in [-0.3, -0.25) is 24.6 Å². The Morgan fingerprint density at radius 2 is 1.71 bits per heavy atom. The molecule has 11 heteroatoms. The number of carbonyl (C=O) groups is 2. The highest BCUT2D eigenvalue weighted by molar-refractivity contribution is 8.18. The van der Waals surface area contributed by atoms with E-state index >= 15 is 0 Å². The molecule has 4 rings (SSSR count). The highest BCUT2D eigenvalue weighted by Gasteiger charge is 2.35. The van der Waals surface area contributed by atoms with Gasteiger partial charge in [-0.2, -0.15) is 8.42 Å². The van der Waals surface area contributed by atoms with Crippen molar-refractivity contribution in [2.75, 3.05) is 0 Å². The highest BCUT2D eigenvalue weighted by Crippen LogP contribution is 2.34. The minimum atomic E-state index is -4.34. The van der Waals surface area contributed by atoms with E-state index in [1.165, 1.54) is 42.5 Å². The molecule has 34 heavy (non-hydrogen) atoms. The largest absolute Gasteiger partial charge is 0.379 e. The molecule has 2 amide bonds. The third kappa shape index (κ3) is 5.16. The van der Waals surface area contributed by atoms with Crippen molar-refractivity contribution >= 4 is 44.8 Å². The van der Waals surface area contributed by atoms with Gasteiger partial charge < -0.3 is 4.18 Å². The molecule has 0 aromatic heterocycles. The Balaban J connectivity index is 1.53. The lowest BCUT2D eigenvalue weighted by Gasteiger charge is -2.12. The predicted molar refractivity (Wildman–Crippen MR) is 125 cm³/mol. The number of nitro groups is 1. The number of rotatable bonds is 7. The number of benzene rings is 3. The third-order valence-electron chi connectivity index (χ3n) is 4.74. The fourth-order valence-electron chi connectivity index (χ4n) is 3.14. The average molecular weight is 497 g/mol. The molecule has 0 radical (unpaired) electrons. The minimum absolute atomic E-state index is 0.0521. The van der Waals surface area contributed by atoms with Crippen LogP contribution in [0.1, 0.15) is 11.1 Å². The van der Waals surface area contributed by atoms with Crippen LogP contribution >= 0.6 is 11.8 Å². The first kappa shape index (κ1) is 23.2. The van der Waals surface area contributed by atoms with Crippen LogP contribution in [0.3, 0.4) is 0 Å². The molecular formula is C23H16N2O7S2. The molecule has 9 nitrogen and oxygen atoms in total. The highest BCUT2D eigenvalue weighted by atomic mass is 32.2. The zero-order valence-electron chi connectivity index (χ0n) is 17.4. The smallest absolute Gasteiger partial charge is 0.339 e. The number of hydrogen-bond acceptors (Lipinski definition) is 8. The SMILES string of the molecule is O=C1S/C(=C\c2cccc(OS(=O)(=O)c3cccc([N+](=O)[O-])c3)c2)C(=O)N1Cc1ccccc1. The van der Waals surface area contributed by atoms with E-state index in [0.29, 0.717) is 5.56 Å². The minimum Gasteiger partial charge on any atom is -0.379 e. The Morgan fingerprint density at radius 1 is 0.971 bits per heavy atom. The lowest BCUT2D eigenvalue weighted by atomic mass is 10.2. The van der Waals surface area contributed by atoms with Gasteiger partial charge in [-0.25, -0.2) is 0 Å². The number of imide groups is 1. The lowest BCUT2D eigenvalue weighted by molar-refractivity contribution is -0.385. The van der Waals surface area contributed by atoms with E-state index in [0.717, 1.165) is 28.3 Å². The van der Waals surface area contributed by atoms with Gasteiger partial charge >= 0.3 is 10.1 Å². The Kier molecular flexibility index (Phi) is 6.48. The normalized spacial score (nSPS) is 15.1. The van der Waals surface area contributed by atoms with Gasteiger partial charge in [-0.15, -0.1) is 0 Å². The summed E-state index contributed by atoms with van der Waals surface area (Å²) in [5.74, 6) is -0.502. The Bertz CT molecular complexity index is 1420. The number of thioether (sulfide) groups is 1. The van der Waals surface area contributed by atoms with E-state index in [9.17, 15) is 28.1 Å². The summed E-state index contributed by atoms with van der Waals surface area (Å²) in [6, 6.07) is 19.5. The summed E-state index contributed by atoms with van der Waals surface area (Å²) in [7, 11) is -4.34. The number of nitro benzene ring substituents is 1. The molecule has 0 unspecified atom stereocenters. The van der Waals surface area contributed by atoms with E-state index in [-0.39, 0.29) is 27.8 Å². The van der Waals surface area contributed by atoms with Crippen molar-refractivity contribution in [1.82, 2.24) is 4.90 Å². The Labute approximate surface area is 198 Å².